The number of aromatic nitrogens is 2. The number of fused-ring (bicyclic) bond motifs is 1. The molecule has 0 atom stereocenters. The van der Waals surface area contributed by atoms with Gasteiger partial charge in [-0.2, -0.15) is 0 Å². The van der Waals surface area contributed by atoms with Crippen LogP contribution in [-0.4, -0.2) is 22.6 Å². The number of ether oxygens (including phenoxy) is 1. The second-order valence-electron chi connectivity index (χ2n) is 9.37. The largest absolute Gasteiger partial charge is 0.465 e. The quantitative estimate of drug-likeness (QED) is 0.170. The van der Waals surface area contributed by atoms with Crippen molar-refractivity contribution in [3.63, 3.8) is 0 Å². The van der Waals surface area contributed by atoms with Crippen molar-refractivity contribution >= 4 is 40.2 Å². The molecular weight excluding hydrogens is 480 g/mol. The highest BCUT2D eigenvalue weighted by molar-refractivity contribution is 7.98. The average molecular weight is 507 g/mol. The lowest BCUT2D eigenvalue weighted by molar-refractivity contribution is 0.0601. The molecule has 0 saturated carbocycles. The van der Waals surface area contributed by atoms with E-state index in [0.717, 1.165) is 11.1 Å². The monoisotopic (exact) mass is 506 g/mol. The molecule has 1 aromatic heterocycles. The van der Waals surface area contributed by atoms with Crippen LogP contribution in [-0.2, 0) is 22.4 Å². The van der Waals surface area contributed by atoms with Gasteiger partial charge in [0, 0.05) is 10.8 Å². The van der Waals surface area contributed by atoms with Crippen molar-refractivity contribution in [2.45, 2.75) is 43.6 Å². The molecule has 35 heavy (non-hydrogen) atoms. The summed E-state index contributed by atoms with van der Waals surface area (Å²) in [5, 5.41) is 1.67. The van der Waals surface area contributed by atoms with E-state index in [1.807, 2.05) is 24.3 Å². The number of nitrogens with zero attached hydrogens (tertiary/aromatic N) is 2. The zero-order valence-electron chi connectivity index (χ0n) is 20.2. The molecule has 0 fully saturated rings. The third-order valence-corrected chi connectivity index (χ3v) is 7.08. The molecule has 4 rings (SSSR count). The summed E-state index contributed by atoms with van der Waals surface area (Å²) in [7, 11) is 1.33. The normalized spacial score (nSPS) is 11.6. The van der Waals surface area contributed by atoms with E-state index in [0.29, 0.717) is 38.9 Å². The van der Waals surface area contributed by atoms with Crippen LogP contribution in [0.25, 0.3) is 10.9 Å². The minimum Gasteiger partial charge on any atom is -0.465 e. The first-order valence-corrected chi connectivity index (χ1v) is 12.6. The maximum Gasteiger partial charge on any atom is 0.337 e. The predicted octanol–water partition coefficient (Wildman–Crippen LogP) is 6.47. The fraction of sp³-hybridized carbons (Fsp3) is 0.250. The van der Waals surface area contributed by atoms with E-state index in [2.05, 4.69) is 45.0 Å². The number of rotatable bonds is 6. The van der Waals surface area contributed by atoms with Gasteiger partial charge in [0.25, 0.3) is 5.56 Å². The van der Waals surface area contributed by atoms with E-state index < -0.39 is 5.97 Å². The third-order valence-electron chi connectivity index (χ3n) is 5.78. The molecule has 0 amide bonds. The van der Waals surface area contributed by atoms with E-state index >= 15 is 0 Å². The Balaban J connectivity index is 1.73. The molecule has 4 aromatic rings. The number of benzene rings is 3. The van der Waals surface area contributed by atoms with Crippen LogP contribution in [0.5, 0.6) is 0 Å². The zero-order chi connectivity index (χ0) is 25.2. The van der Waals surface area contributed by atoms with Crippen molar-refractivity contribution in [3.8, 4) is 0 Å². The number of carbonyl (C=O) groups is 1. The van der Waals surface area contributed by atoms with Gasteiger partial charge in [-0.25, -0.2) is 9.78 Å². The second kappa shape index (κ2) is 10.3. The highest BCUT2D eigenvalue weighted by atomic mass is 35.5. The number of esters is 1. The molecule has 7 heteroatoms. The number of thioether (sulfide) groups is 1. The van der Waals surface area contributed by atoms with Crippen LogP contribution in [0.1, 0.15) is 47.8 Å². The van der Waals surface area contributed by atoms with Gasteiger partial charge in [0.1, 0.15) is 0 Å². The van der Waals surface area contributed by atoms with Crippen LogP contribution in [0.15, 0.2) is 76.7 Å². The van der Waals surface area contributed by atoms with Crippen molar-refractivity contribution in [2.75, 3.05) is 7.11 Å². The second-order valence-corrected chi connectivity index (χ2v) is 10.8. The molecule has 180 valence electrons. The standard InChI is InChI=1S/C28H27ClN2O3S/c1-28(2,3)21-10-5-19(6-11-21)17-35-27-30-24-15-20(26(33)34-4)9-14-23(24)25(32)31(27)16-18-7-12-22(29)13-8-18/h5-15H,16-17H2,1-4H3. The molecule has 0 spiro atoms. The van der Waals surface area contributed by atoms with Crippen LogP contribution in [0.3, 0.4) is 0 Å². The summed E-state index contributed by atoms with van der Waals surface area (Å²) in [6.45, 7) is 6.93. The smallest absolute Gasteiger partial charge is 0.337 e. The number of carbonyl (C=O) groups excluding carboxylic acids is 1. The van der Waals surface area contributed by atoms with Crippen molar-refractivity contribution < 1.29 is 9.53 Å². The van der Waals surface area contributed by atoms with E-state index in [1.165, 1.54) is 24.4 Å². The van der Waals surface area contributed by atoms with Crippen molar-refractivity contribution in [2.24, 2.45) is 0 Å². The molecule has 0 unspecified atom stereocenters. The Morgan fingerprint density at radius 2 is 1.66 bits per heavy atom. The summed E-state index contributed by atoms with van der Waals surface area (Å²) in [6, 6.07) is 20.8. The van der Waals surface area contributed by atoms with Crippen LogP contribution in [0.2, 0.25) is 5.02 Å². The lowest BCUT2D eigenvalue weighted by atomic mass is 9.87. The summed E-state index contributed by atoms with van der Waals surface area (Å²) in [6.07, 6.45) is 0. The number of methoxy groups -OCH3 is 1. The van der Waals surface area contributed by atoms with Gasteiger partial charge in [-0.05, 0) is 52.4 Å². The minimum atomic E-state index is -0.466. The first-order chi connectivity index (χ1) is 16.7. The summed E-state index contributed by atoms with van der Waals surface area (Å²) in [5.74, 6) is 0.187. The van der Waals surface area contributed by atoms with E-state index in [-0.39, 0.29) is 11.0 Å². The number of hydrogen-bond acceptors (Lipinski definition) is 5. The zero-order valence-corrected chi connectivity index (χ0v) is 21.7. The highest BCUT2D eigenvalue weighted by Crippen LogP contribution is 2.26. The SMILES string of the molecule is COC(=O)c1ccc2c(=O)n(Cc3ccc(Cl)cc3)c(SCc3ccc(C(C)(C)C)cc3)nc2c1. The minimum absolute atomic E-state index is 0.0853. The van der Waals surface area contributed by atoms with Gasteiger partial charge in [-0.3, -0.25) is 9.36 Å². The Morgan fingerprint density at radius 1 is 1.00 bits per heavy atom. The summed E-state index contributed by atoms with van der Waals surface area (Å²) >= 11 is 7.54. The fourth-order valence-electron chi connectivity index (χ4n) is 3.72. The molecular formula is C28H27ClN2O3S. The third kappa shape index (κ3) is 5.77. The Kier molecular flexibility index (Phi) is 7.33. The summed E-state index contributed by atoms with van der Waals surface area (Å²) < 4.78 is 6.51. The average Bonchev–Trinajstić information content (AvgIpc) is 2.84. The first-order valence-electron chi connectivity index (χ1n) is 11.3. The molecule has 0 bridgehead atoms. The van der Waals surface area contributed by atoms with Gasteiger partial charge in [0.15, 0.2) is 5.16 Å². The number of hydrogen-bond donors (Lipinski definition) is 0. The topological polar surface area (TPSA) is 61.2 Å². The van der Waals surface area contributed by atoms with Crippen molar-refractivity contribution in [1.82, 2.24) is 9.55 Å². The molecule has 3 aromatic carbocycles. The van der Waals surface area contributed by atoms with Gasteiger partial charge >= 0.3 is 5.97 Å². The maximum absolute atomic E-state index is 13.5. The van der Waals surface area contributed by atoms with Crippen LogP contribution >= 0.6 is 23.4 Å². The van der Waals surface area contributed by atoms with Crippen LogP contribution in [0, 0.1) is 0 Å². The fourth-order valence-corrected chi connectivity index (χ4v) is 4.80. The van der Waals surface area contributed by atoms with Gasteiger partial charge in [-0.1, -0.05) is 80.5 Å². The van der Waals surface area contributed by atoms with Gasteiger partial charge < -0.3 is 4.74 Å². The molecule has 0 aliphatic heterocycles. The Morgan fingerprint density at radius 3 is 2.29 bits per heavy atom. The molecule has 0 radical (unpaired) electrons. The van der Waals surface area contributed by atoms with Crippen LogP contribution < -0.4 is 5.56 Å². The predicted molar refractivity (Wildman–Crippen MR) is 143 cm³/mol. The van der Waals surface area contributed by atoms with Crippen molar-refractivity contribution in [1.29, 1.82) is 0 Å². The maximum atomic E-state index is 13.5. The lowest BCUT2D eigenvalue weighted by Crippen LogP contribution is -2.24. The Labute approximate surface area is 214 Å². The number of halogens is 1. The van der Waals surface area contributed by atoms with Gasteiger partial charge in [0.05, 0.1) is 30.1 Å². The highest BCUT2D eigenvalue weighted by Gasteiger charge is 2.16. The molecule has 0 aliphatic rings. The molecule has 0 N–H and O–H groups in total. The first kappa shape index (κ1) is 25.0. The van der Waals surface area contributed by atoms with E-state index in [1.54, 1.807) is 22.8 Å². The van der Waals surface area contributed by atoms with Gasteiger partial charge in [0.2, 0.25) is 0 Å². The summed E-state index contributed by atoms with van der Waals surface area (Å²) in [4.78, 5) is 30.3. The lowest BCUT2D eigenvalue weighted by Gasteiger charge is -2.19. The van der Waals surface area contributed by atoms with E-state index in [4.69, 9.17) is 21.3 Å². The Hall–Kier alpha value is -3.09. The van der Waals surface area contributed by atoms with Crippen molar-refractivity contribution in [3.05, 3.63) is 104 Å². The van der Waals surface area contributed by atoms with E-state index in [9.17, 15) is 9.59 Å². The molecule has 1 heterocycles. The molecule has 5 nitrogen and oxygen atoms in total. The summed E-state index contributed by atoms with van der Waals surface area (Å²) in [5.41, 5.74) is 4.10. The van der Waals surface area contributed by atoms with Crippen LogP contribution in [0.4, 0.5) is 0 Å². The molecule has 0 saturated heterocycles. The Bertz CT molecular complexity index is 1420. The van der Waals surface area contributed by atoms with Gasteiger partial charge in [-0.15, -0.1) is 0 Å². The molecule has 0 aliphatic carbocycles.